The first-order valence-electron chi connectivity index (χ1n) is 6.86. The molecule has 3 amide bonds. The lowest BCUT2D eigenvalue weighted by Gasteiger charge is -2.20. The number of amides is 3. The van der Waals surface area contributed by atoms with E-state index in [0.29, 0.717) is 25.9 Å². The van der Waals surface area contributed by atoms with Crippen molar-refractivity contribution in [2.45, 2.75) is 18.9 Å². The Morgan fingerprint density at radius 3 is 2.86 bits per heavy atom. The highest BCUT2D eigenvalue weighted by Gasteiger charge is 2.31. The molecular weight excluding hydrogens is 268 g/mol. The van der Waals surface area contributed by atoms with Crippen molar-refractivity contribution in [1.29, 1.82) is 5.26 Å². The molecule has 1 aromatic rings. The summed E-state index contributed by atoms with van der Waals surface area (Å²) in [5.74, 6) is 0.00572. The van der Waals surface area contributed by atoms with Crippen molar-refractivity contribution in [2.24, 2.45) is 0 Å². The number of rotatable bonds is 4. The van der Waals surface area contributed by atoms with Gasteiger partial charge in [-0.1, -0.05) is 18.2 Å². The molecule has 0 radical (unpaired) electrons. The zero-order chi connectivity index (χ0) is 15.2. The normalized spacial score (nSPS) is 17.4. The molecule has 0 bridgehead atoms. The molecule has 6 heteroatoms. The fraction of sp³-hybridized carbons (Fsp3) is 0.400. The van der Waals surface area contributed by atoms with Gasteiger partial charge < -0.3 is 15.1 Å². The highest BCUT2D eigenvalue weighted by atomic mass is 16.2. The van der Waals surface area contributed by atoms with Gasteiger partial charge >= 0.3 is 6.03 Å². The van der Waals surface area contributed by atoms with Crippen LogP contribution < -0.4 is 10.2 Å². The van der Waals surface area contributed by atoms with Crippen LogP contribution in [0.1, 0.15) is 12.8 Å². The Balaban J connectivity index is 1.91. The van der Waals surface area contributed by atoms with E-state index in [2.05, 4.69) is 5.32 Å². The second-order valence-corrected chi connectivity index (χ2v) is 5.02. The lowest BCUT2D eigenvalue weighted by molar-refractivity contribution is -0.117. The van der Waals surface area contributed by atoms with Gasteiger partial charge in [0.15, 0.2) is 0 Å². The molecule has 2 rings (SSSR count). The minimum atomic E-state index is -0.252. The predicted molar refractivity (Wildman–Crippen MR) is 78.6 cm³/mol. The molecule has 0 saturated carbocycles. The van der Waals surface area contributed by atoms with Crippen molar-refractivity contribution in [3.05, 3.63) is 30.3 Å². The molecule has 1 heterocycles. The van der Waals surface area contributed by atoms with Gasteiger partial charge in [0.25, 0.3) is 0 Å². The largest absolute Gasteiger partial charge is 0.333 e. The third kappa shape index (κ3) is 3.72. The van der Waals surface area contributed by atoms with E-state index in [9.17, 15) is 9.59 Å². The molecule has 1 aromatic carbocycles. The van der Waals surface area contributed by atoms with Crippen LogP contribution in [0.25, 0.3) is 0 Å². The molecule has 1 N–H and O–H groups in total. The van der Waals surface area contributed by atoms with E-state index in [4.69, 9.17) is 5.26 Å². The van der Waals surface area contributed by atoms with Crippen molar-refractivity contribution < 1.29 is 9.59 Å². The maximum atomic E-state index is 12.0. The maximum absolute atomic E-state index is 12.0. The van der Waals surface area contributed by atoms with Crippen molar-refractivity contribution in [3.63, 3.8) is 0 Å². The molecule has 0 spiro atoms. The third-order valence-electron chi connectivity index (χ3n) is 3.43. The van der Waals surface area contributed by atoms with Crippen LogP contribution in [-0.4, -0.2) is 43.0 Å². The molecule has 1 unspecified atom stereocenters. The van der Waals surface area contributed by atoms with Crippen LogP contribution >= 0.6 is 0 Å². The van der Waals surface area contributed by atoms with Gasteiger partial charge in [0.05, 0.1) is 18.5 Å². The molecule has 1 aliphatic heterocycles. The predicted octanol–water partition coefficient (Wildman–Crippen LogP) is 1.35. The van der Waals surface area contributed by atoms with Crippen LogP contribution in [-0.2, 0) is 4.79 Å². The summed E-state index contributed by atoms with van der Waals surface area (Å²) in [5, 5.41) is 11.3. The lowest BCUT2D eigenvalue weighted by atomic mass is 10.2. The van der Waals surface area contributed by atoms with Gasteiger partial charge in [-0.25, -0.2) is 4.79 Å². The van der Waals surface area contributed by atoms with Crippen molar-refractivity contribution in [2.75, 3.05) is 25.0 Å². The standard InChI is InChI=1S/C15H18N4O2/c1-18(9-5-8-16)15(21)17-12-10-14(20)19(11-12)13-6-3-2-4-7-13/h2-4,6-7,12H,5,9-11H2,1H3,(H,17,21). The average Bonchev–Trinajstić information content (AvgIpc) is 2.86. The number of nitrogens with one attached hydrogen (secondary N) is 1. The van der Waals surface area contributed by atoms with Crippen LogP contribution in [0.5, 0.6) is 0 Å². The highest BCUT2D eigenvalue weighted by molar-refractivity contribution is 5.96. The number of hydrogen-bond acceptors (Lipinski definition) is 3. The molecule has 21 heavy (non-hydrogen) atoms. The second kappa shape index (κ2) is 6.75. The van der Waals surface area contributed by atoms with Gasteiger partial charge in [0.2, 0.25) is 5.91 Å². The molecule has 1 aliphatic rings. The van der Waals surface area contributed by atoms with Crippen LogP contribution in [0.3, 0.4) is 0 Å². The van der Waals surface area contributed by atoms with Gasteiger partial charge in [-0.3, -0.25) is 4.79 Å². The van der Waals surface area contributed by atoms with Gasteiger partial charge in [-0.15, -0.1) is 0 Å². The smallest absolute Gasteiger partial charge is 0.317 e. The zero-order valence-corrected chi connectivity index (χ0v) is 12.0. The molecule has 0 aliphatic carbocycles. The molecule has 6 nitrogen and oxygen atoms in total. The zero-order valence-electron chi connectivity index (χ0n) is 12.0. The number of urea groups is 1. The van der Waals surface area contributed by atoms with Gasteiger partial charge in [-0.2, -0.15) is 5.26 Å². The van der Waals surface area contributed by atoms with E-state index in [1.165, 1.54) is 4.90 Å². The van der Waals surface area contributed by atoms with E-state index in [0.717, 1.165) is 5.69 Å². The van der Waals surface area contributed by atoms with E-state index in [-0.39, 0.29) is 18.0 Å². The van der Waals surface area contributed by atoms with E-state index >= 15 is 0 Å². The average molecular weight is 286 g/mol. The number of hydrogen-bond donors (Lipinski definition) is 1. The summed E-state index contributed by atoms with van der Waals surface area (Å²) in [6.45, 7) is 0.853. The Morgan fingerprint density at radius 1 is 1.48 bits per heavy atom. The molecule has 1 atom stereocenters. The lowest BCUT2D eigenvalue weighted by Crippen LogP contribution is -2.44. The number of nitriles is 1. The SMILES string of the molecule is CN(CCC#N)C(=O)NC1CC(=O)N(c2ccccc2)C1. The number of carbonyl (C=O) groups is 2. The Labute approximate surface area is 123 Å². The van der Waals surface area contributed by atoms with E-state index < -0.39 is 0 Å². The van der Waals surface area contributed by atoms with Crippen LogP contribution in [0.15, 0.2) is 30.3 Å². The summed E-state index contributed by atoms with van der Waals surface area (Å²) in [6, 6.07) is 11.0. The van der Waals surface area contributed by atoms with E-state index in [1.54, 1.807) is 11.9 Å². The fourth-order valence-electron chi connectivity index (χ4n) is 2.27. The summed E-state index contributed by atoms with van der Waals surface area (Å²) in [4.78, 5) is 27.1. The van der Waals surface area contributed by atoms with Crippen molar-refractivity contribution in [3.8, 4) is 6.07 Å². The number of para-hydroxylation sites is 1. The van der Waals surface area contributed by atoms with E-state index in [1.807, 2.05) is 36.4 Å². The Hall–Kier alpha value is -2.55. The quantitative estimate of drug-likeness (QED) is 0.907. The number of anilines is 1. The molecular formula is C15H18N4O2. The third-order valence-corrected chi connectivity index (χ3v) is 3.43. The molecule has 0 aromatic heterocycles. The number of nitrogens with zero attached hydrogens (tertiary/aromatic N) is 3. The van der Waals surface area contributed by atoms with Crippen molar-refractivity contribution >= 4 is 17.6 Å². The first-order valence-corrected chi connectivity index (χ1v) is 6.86. The molecule has 1 saturated heterocycles. The molecule has 1 fully saturated rings. The highest BCUT2D eigenvalue weighted by Crippen LogP contribution is 2.21. The Morgan fingerprint density at radius 2 is 2.19 bits per heavy atom. The van der Waals surface area contributed by atoms with Gasteiger partial charge in [-0.05, 0) is 12.1 Å². The first kappa shape index (κ1) is 14.9. The summed E-state index contributed by atoms with van der Waals surface area (Å²) >= 11 is 0. The Kier molecular flexibility index (Phi) is 4.77. The summed E-state index contributed by atoms with van der Waals surface area (Å²) in [6.07, 6.45) is 0.594. The summed E-state index contributed by atoms with van der Waals surface area (Å²) < 4.78 is 0. The summed E-state index contributed by atoms with van der Waals surface area (Å²) in [7, 11) is 1.64. The first-order chi connectivity index (χ1) is 10.1. The fourth-order valence-corrected chi connectivity index (χ4v) is 2.27. The topological polar surface area (TPSA) is 76.4 Å². The summed E-state index contributed by atoms with van der Waals surface area (Å²) in [5.41, 5.74) is 0.845. The minimum Gasteiger partial charge on any atom is -0.333 e. The number of carbonyl (C=O) groups excluding carboxylic acids is 2. The monoisotopic (exact) mass is 286 g/mol. The van der Waals surface area contributed by atoms with Crippen LogP contribution in [0.4, 0.5) is 10.5 Å². The molecule has 110 valence electrons. The van der Waals surface area contributed by atoms with Gasteiger partial charge in [0.1, 0.15) is 0 Å². The minimum absolute atomic E-state index is 0.00572. The van der Waals surface area contributed by atoms with Crippen LogP contribution in [0, 0.1) is 11.3 Å². The van der Waals surface area contributed by atoms with Crippen LogP contribution in [0.2, 0.25) is 0 Å². The maximum Gasteiger partial charge on any atom is 0.317 e. The van der Waals surface area contributed by atoms with Crippen molar-refractivity contribution in [1.82, 2.24) is 10.2 Å². The Bertz CT molecular complexity index is 553. The second-order valence-electron chi connectivity index (χ2n) is 5.02. The van der Waals surface area contributed by atoms with Gasteiger partial charge in [0, 0.05) is 32.2 Å². The number of benzene rings is 1.